The van der Waals surface area contributed by atoms with E-state index in [4.69, 9.17) is 11.6 Å². The lowest BCUT2D eigenvalue weighted by Crippen LogP contribution is -2.42. The van der Waals surface area contributed by atoms with Crippen LogP contribution in [0.2, 0.25) is 5.02 Å². The first kappa shape index (κ1) is 17.1. The average molecular weight is 346 g/mol. The molecule has 2 rings (SSSR count). The molecule has 22 heavy (non-hydrogen) atoms. The Hall–Kier alpha value is -1.31. The number of carbonyl (C=O) groups excluding carboxylic acids is 1. The molecular weight excluding hydrogens is 326 g/mol. The van der Waals surface area contributed by atoms with Crippen molar-refractivity contribution in [1.29, 1.82) is 0 Å². The molecule has 1 aliphatic rings. The van der Waals surface area contributed by atoms with Crippen molar-refractivity contribution in [2.24, 2.45) is 5.92 Å². The molecule has 1 aromatic rings. The zero-order chi connectivity index (χ0) is 16.3. The molecule has 0 saturated carbocycles. The van der Waals surface area contributed by atoms with Gasteiger partial charge in [0.1, 0.15) is 0 Å². The van der Waals surface area contributed by atoms with Crippen LogP contribution < -0.4 is 10.0 Å². The van der Waals surface area contributed by atoms with E-state index < -0.39 is 10.2 Å². The minimum atomic E-state index is -3.60. The van der Waals surface area contributed by atoms with Gasteiger partial charge in [-0.15, -0.1) is 0 Å². The molecule has 1 aromatic carbocycles. The summed E-state index contributed by atoms with van der Waals surface area (Å²) in [6, 6.07) is 4.62. The van der Waals surface area contributed by atoms with Crippen molar-refractivity contribution < 1.29 is 13.2 Å². The SMILES string of the molecule is CC(=O)Nc1cc(NS(=O)(=O)N2CCCC(C)C2)ccc1Cl. The summed E-state index contributed by atoms with van der Waals surface area (Å²) in [6.07, 6.45) is 1.90. The van der Waals surface area contributed by atoms with E-state index in [1.165, 1.54) is 17.3 Å². The molecule has 122 valence electrons. The number of piperidine rings is 1. The number of hydrogen-bond acceptors (Lipinski definition) is 3. The molecule has 2 N–H and O–H groups in total. The highest BCUT2D eigenvalue weighted by Gasteiger charge is 2.27. The molecule has 1 heterocycles. The van der Waals surface area contributed by atoms with Crippen LogP contribution in [0.4, 0.5) is 11.4 Å². The smallest absolute Gasteiger partial charge is 0.301 e. The Bertz CT molecular complexity index is 663. The summed E-state index contributed by atoms with van der Waals surface area (Å²) in [5, 5.41) is 2.92. The third-order valence-corrected chi connectivity index (χ3v) is 5.32. The Kier molecular flexibility index (Phi) is 5.31. The van der Waals surface area contributed by atoms with Gasteiger partial charge in [-0.2, -0.15) is 12.7 Å². The van der Waals surface area contributed by atoms with Gasteiger partial charge in [-0.1, -0.05) is 18.5 Å². The average Bonchev–Trinajstić information content (AvgIpc) is 2.42. The highest BCUT2D eigenvalue weighted by Crippen LogP contribution is 2.27. The zero-order valence-corrected chi connectivity index (χ0v) is 14.2. The maximum Gasteiger partial charge on any atom is 0.301 e. The number of nitrogens with zero attached hydrogens (tertiary/aromatic N) is 1. The van der Waals surface area contributed by atoms with E-state index in [2.05, 4.69) is 10.0 Å². The van der Waals surface area contributed by atoms with E-state index in [0.717, 1.165) is 12.8 Å². The predicted octanol–water partition coefficient (Wildman–Crippen LogP) is 2.69. The number of benzene rings is 1. The maximum absolute atomic E-state index is 12.4. The van der Waals surface area contributed by atoms with Crippen molar-refractivity contribution >= 4 is 39.1 Å². The van der Waals surface area contributed by atoms with Gasteiger partial charge >= 0.3 is 10.2 Å². The van der Waals surface area contributed by atoms with Gasteiger partial charge in [-0.3, -0.25) is 9.52 Å². The normalized spacial score (nSPS) is 19.7. The van der Waals surface area contributed by atoms with Crippen molar-refractivity contribution in [2.75, 3.05) is 23.1 Å². The van der Waals surface area contributed by atoms with Crippen LogP contribution in [0.25, 0.3) is 0 Å². The Morgan fingerprint density at radius 1 is 1.41 bits per heavy atom. The molecule has 1 atom stereocenters. The Balaban J connectivity index is 2.17. The number of nitrogens with one attached hydrogen (secondary N) is 2. The summed E-state index contributed by atoms with van der Waals surface area (Å²) in [5.74, 6) is 0.0808. The fourth-order valence-corrected chi connectivity index (χ4v) is 3.99. The largest absolute Gasteiger partial charge is 0.325 e. The van der Waals surface area contributed by atoms with Gasteiger partial charge in [0.2, 0.25) is 5.91 Å². The van der Waals surface area contributed by atoms with Gasteiger partial charge in [0.25, 0.3) is 0 Å². The Morgan fingerprint density at radius 3 is 2.77 bits per heavy atom. The molecule has 0 aromatic heterocycles. The number of amides is 1. The maximum atomic E-state index is 12.4. The summed E-state index contributed by atoms with van der Waals surface area (Å²) >= 11 is 5.98. The minimum absolute atomic E-state index is 0.272. The van der Waals surface area contributed by atoms with Gasteiger partial charge < -0.3 is 5.32 Å². The van der Waals surface area contributed by atoms with Crippen LogP contribution in [0.5, 0.6) is 0 Å². The number of rotatable bonds is 4. The summed E-state index contributed by atoms with van der Waals surface area (Å²) in [7, 11) is -3.60. The molecule has 1 aliphatic heterocycles. The van der Waals surface area contributed by atoms with Crippen molar-refractivity contribution in [1.82, 2.24) is 4.31 Å². The van der Waals surface area contributed by atoms with E-state index in [0.29, 0.717) is 35.4 Å². The van der Waals surface area contributed by atoms with Crippen LogP contribution in [0.1, 0.15) is 26.7 Å². The Morgan fingerprint density at radius 2 is 2.14 bits per heavy atom. The van der Waals surface area contributed by atoms with Gasteiger partial charge in [0.15, 0.2) is 0 Å². The standard InChI is InChI=1S/C14H20ClN3O3S/c1-10-4-3-7-18(9-10)22(20,21)17-12-5-6-13(15)14(8-12)16-11(2)19/h5-6,8,10,17H,3-4,7,9H2,1-2H3,(H,16,19). The lowest BCUT2D eigenvalue weighted by Gasteiger charge is -2.30. The van der Waals surface area contributed by atoms with E-state index in [1.54, 1.807) is 12.1 Å². The zero-order valence-electron chi connectivity index (χ0n) is 12.6. The summed E-state index contributed by atoms with van der Waals surface area (Å²) in [5.41, 5.74) is 0.743. The second-order valence-corrected chi connectivity index (χ2v) is 7.67. The van der Waals surface area contributed by atoms with E-state index in [-0.39, 0.29) is 5.91 Å². The molecule has 0 spiro atoms. The van der Waals surface area contributed by atoms with Crippen molar-refractivity contribution in [2.45, 2.75) is 26.7 Å². The summed E-state index contributed by atoms with van der Waals surface area (Å²) in [4.78, 5) is 11.1. The van der Waals surface area contributed by atoms with Crippen LogP contribution in [0.3, 0.4) is 0 Å². The molecule has 0 radical (unpaired) electrons. The second kappa shape index (κ2) is 6.85. The molecule has 0 bridgehead atoms. The third-order valence-electron chi connectivity index (χ3n) is 3.48. The van der Waals surface area contributed by atoms with Crippen LogP contribution >= 0.6 is 11.6 Å². The molecule has 1 amide bonds. The quantitative estimate of drug-likeness (QED) is 0.880. The van der Waals surface area contributed by atoms with E-state index in [9.17, 15) is 13.2 Å². The van der Waals surface area contributed by atoms with Gasteiger partial charge in [-0.25, -0.2) is 0 Å². The van der Waals surface area contributed by atoms with Crippen molar-refractivity contribution in [3.63, 3.8) is 0 Å². The molecule has 1 saturated heterocycles. The molecule has 6 nitrogen and oxygen atoms in total. The van der Waals surface area contributed by atoms with Crippen LogP contribution in [0.15, 0.2) is 18.2 Å². The first-order valence-corrected chi connectivity index (χ1v) is 8.95. The fraction of sp³-hybridized carbons (Fsp3) is 0.500. The number of hydrogen-bond donors (Lipinski definition) is 2. The Labute approximate surface area is 136 Å². The highest BCUT2D eigenvalue weighted by molar-refractivity contribution is 7.90. The highest BCUT2D eigenvalue weighted by atomic mass is 35.5. The first-order chi connectivity index (χ1) is 10.3. The molecule has 1 fully saturated rings. The summed E-state index contributed by atoms with van der Waals surface area (Å²) in [6.45, 7) is 4.44. The third kappa shape index (κ3) is 4.34. The van der Waals surface area contributed by atoms with E-state index >= 15 is 0 Å². The summed E-state index contributed by atoms with van der Waals surface area (Å²) < 4.78 is 28.8. The van der Waals surface area contributed by atoms with Crippen LogP contribution in [0, 0.1) is 5.92 Å². The lowest BCUT2D eigenvalue weighted by atomic mass is 10.0. The molecule has 8 heteroatoms. The number of halogens is 1. The molecule has 0 aliphatic carbocycles. The van der Waals surface area contributed by atoms with Gasteiger partial charge in [0, 0.05) is 20.0 Å². The molecule has 1 unspecified atom stereocenters. The van der Waals surface area contributed by atoms with Gasteiger partial charge in [0.05, 0.1) is 16.4 Å². The topological polar surface area (TPSA) is 78.5 Å². The molecular formula is C14H20ClN3O3S. The van der Waals surface area contributed by atoms with Crippen molar-refractivity contribution in [3.8, 4) is 0 Å². The second-order valence-electron chi connectivity index (χ2n) is 5.59. The predicted molar refractivity (Wildman–Crippen MR) is 88.3 cm³/mol. The van der Waals surface area contributed by atoms with Crippen LogP contribution in [-0.2, 0) is 15.0 Å². The number of anilines is 2. The van der Waals surface area contributed by atoms with Crippen LogP contribution in [-0.4, -0.2) is 31.7 Å². The van der Waals surface area contributed by atoms with Crippen molar-refractivity contribution in [3.05, 3.63) is 23.2 Å². The fourth-order valence-electron chi connectivity index (χ4n) is 2.45. The monoisotopic (exact) mass is 345 g/mol. The first-order valence-electron chi connectivity index (χ1n) is 7.13. The lowest BCUT2D eigenvalue weighted by molar-refractivity contribution is -0.114. The van der Waals surface area contributed by atoms with E-state index in [1.807, 2.05) is 6.92 Å². The minimum Gasteiger partial charge on any atom is -0.325 e. The van der Waals surface area contributed by atoms with Gasteiger partial charge in [-0.05, 0) is 37.0 Å². The number of carbonyl (C=O) groups is 1.